The molecular formula is C18H17ClN2O4. The lowest BCUT2D eigenvalue weighted by molar-refractivity contribution is -0.128. The van der Waals surface area contributed by atoms with Crippen LogP contribution in [0.3, 0.4) is 0 Å². The molecule has 25 heavy (non-hydrogen) atoms. The molecule has 1 aliphatic heterocycles. The van der Waals surface area contributed by atoms with Gasteiger partial charge in [0.05, 0.1) is 24.9 Å². The van der Waals surface area contributed by atoms with Crippen molar-refractivity contribution < 1.29 is 19.1 Å². The molecule has 1 atom stereocenters. The summed E-state index contributed by atoms with van der Waals surface area (Å²) < 4.78 is 10.8. The van der Waals surface area contributed by atoms with E-state index in [0.29, 0.717) is 27.9 Å². The van der Waals surface area contributed by atoms with Gasteiger partial charge in [-0.2, -0.15) is 0 Å². The Labute approximate surface area is 150 Å². The average Bonchev–Trinajstić information content (AvgIpc) is 2.56. The fourth-order valence-electron chi connectivity index (χ4n) is 2.55. The highest BCUT2D eigenvalue weighted by molar-refractivity contribution is 6.31. The van der Waals surface area contributed by atoms with Gasteiger partial charge in [-0.3, -0.25) is 9.59 Å². The van der Waals surface area contributed by atoms with Gasteiger partial charge in [-0.1, -0.05) is 17.7 Å². The Balaban J connectivity index is 1.70. The van der Waals surface area contributed by atoms with E-state index in [1.807, 2.05) is 19.1 Å². The predicted octanol–water partition coefficient (Wildman–Crippen LogP) is 3.39. The number of nitrogens with one attached hydrogen (secondary N) is 2. The highest BCUT2D eigenvalue weighted by atomic mass is 35.5. The Morgan fingerprint density at radius 2 is 2.12 bits per heavy atom. The van der Waals surface area contributed by atoms with Crippen LogP contribution in [-0.2, 0) is 9.59 Å². The van der Waals surface area contributed by atoms with Crippen LogP contribution in [-0.4, -0.2) is 25.0 Å². The summed E-state index contributed by atoms with van der Waals surface area (Å²) in [5.74, 6) is 0.290. The molecule has 0 aliphatic carbocycles. The van der Waals surface area contributed by atoms with Crippen molar-refractivity contribution in [2.75, 3.05) is 17.7 Å². The molecule has 0 bridgehead atoms. The number of aryl methyl sites for hydroxylation is 1. The largest absolute Gasteiger partial charge is 0.495 e. The second-order valence-electron chi connectivity index (χ2n) is 5.69. The van der Waals surface area contributed by atoms with Crippen molar-refractivity contribution in [2.24, 2.45) is 0 Å². The second-order valence-corrected chi connectivity index (χ2v) is 6.13. The van der Waals surface area contributed by atoms with Crippen LogP contribution in [0.5, 0.6) is 11.5 Å². The van der Waals surface area contributed by atoms with E-state index < -0.39 is 6.10 Å². The lowest BCUT2D eigenvalue weighted by Gasteiger charge is -2.25. The number of amides is 2. The monoisotopic (exact) mass is 360 g/mol. The SMILES string of the molecule is COc1ccc(Cl)cc1NC(=O)C[C@@H]1Oc2ccc(C)cc2NC1=O. The minimum Gasteiger partial charge on any atom is -0.495 e. The molecule has 2 amide bonds. The Kier molecular flexibility index (Phi) is 4.81. The number of benzene rings is 2. The van der Waals surface area contributed by atoms with E-state index in [0.717, 1.165) is 5.56 Å². The predicted molar refractivity (Wildman–Crippen MR) is 95.5 cm³/mol. The standard InChI is InChI=1S/C18H17ClN2O4/c1-10-3-5-15-12(7-10)21-18(23)16(25-15)9-17(22)20-13-8-11(19)4-6-14(13)24-2/h3-8,16H,9H2,1-2H3,(H,20,22)(H,21,23)/t16-/m0/s1. The molecule has 0 fully saturated rings. The molecule has 2 aromatic carbocycles. The zero-order chi connectivity index (χ0) is 18.0. The summed E-state index contributed by atoms with van der Waals surface area (Å²) >= 11 is 5.95. The number of ether oxygens (including phenoxy) is 2. The van der Waals surface area contributed by atoms with Crippen LogP contribution in [0, 0.1) is 6.92 Å². The fraction of sp³-hybridized carbons (Fsp3) is 0.222. The van der Waals surface area contributed by atoms with Gasteiger partial charge in [0.25, 0.3) is 5.91 Å². The first-order valence-corrected chi connectivity index (χ1v) is 8.05. The molecule has 0 saturated heterocycles. The fourth-order valence-corrected chi connectivity index (χ4v) is 2.72. The minimum absolute atomic E-state index is 0.130. The van der Waals surface area contributed by atoms with Gasteiger partial charge >= 0.3 is 0 Å². The highest BCUT2D eigenvalue weighted by Gasteiger charge is 2.30. The molecule has 0 unspecified atom stereocenters. The van der Waals surface area contributed by atoms with Gasteiger partial charge in [0.2, 0.25) is 5.91 Å². The van der Waals surface area contributed by atoms with E-state index in [1.165, 1.54) is 7.11 Å². The summed E-state index contributed by atoms with van der Waals surface area (Å²) in [6, 6.07) is 10.4. The number of carbonyl (C=O) groups excluding carboxylic acids is 2. The first-order chi connectivity index (χ1) is 12.0. The molecule has 0 radical (unpaired) electrons. The van der Waals surface area contributed by atoms with Crippen molar-refractivity contribution in [3.8, 4) is 11.5 Å². The van der Waals surface area contributed by atoms with Crippen molar-refractivity contribution in [3.05, 3.63) is 47.0 Å². The Morgan fingerprint density at radius 3 is 2.88 bits per heavy atom. The summed E-state index contributed by atoms with van der Waals surface area (Å²) in [5.41, 5.74) is 2.05. The van der Waals surface area contributed by atoms with Gasteiger partial charge in [-0.05, 0) is 42.8 Å². The number of fused-ring (bicyclic) bond motifs is 1. The number of hydrogen-bond acceptors (Lipinski definition) is 4. The third kappa shape index (κ3) is 3.85. The molecule has 0 spiro atoms. The molecule has 6 nitrogen and oxygen atoms in total. The number of hydrogen-bond donors (Lipinski definition) is 2. The van der Waals surface area contributed by atoms with Gasteiger partial charge < -0.3 is 20.1 Å². The molecule has 1 aliphatic rings. The summed E-state index contributed by atoms with van der Waals surface area (Å²) in [6.45, 7) is 1.92. The van der Waals surface area contributed by atoms with E-state index >= 15 is 0 Å². The number of halogens is 1. The van der Waals surface area contributed by atoms with Crippen LogP contribution >= 0.6 is 11.6 Å². The summed E-state index contributed by atoms with van der Waals surface area (Å²) in [7, 11) is 1.50. The maximum absolute atomic E-state index is 12.3. The van der Waals surface area contributed by atoms with Gasteiger partial charge in [0.1, 0.15) is 11.5 Å². The van der Waals surface area contributed by atoms with Crippen LogP contribution in [0.2, 0.25) is 5.02 Å². The quantitative estimate of drug-likeness (QED) is 0.876. The number of methoxy groups -OCH3 is 1. The molecule has 1 heterocycles. The van der Waals surface area contributed by atoms with E-state index in [2.05, 4.69) is 10.6 Å². The molecule has 2 aromatic rings. The second kappa shape index (κ2) is 7.03. The Hall–Kier alpha value is -2.73. The lowest BCUT2D eigenvalue weighted by atomic mass is 10.1. The van der Waals surface area contributed by atoms with Crippen LogP contribution < -0.4 is 20.1 Å². The molecule has 2 N–H and O–H groups in total. The molecule has 0 aromatic heterocycles. The molecule has 130 valence electrons. The third-order valence-electron chi connectivity index (χ3n) is 3.76. The summed E-state index contributed by atoms with van der Waals surface area (Å²) in [5, 5.41) is 5.92. The third-order valence-corrected chi connectivity index (χ3v) is 4.00. The number of carbonyl (C=O) groups is 2. The van der Waals surface area contributed by atoms with E-state index in [4.69, 9.17) is 21.1 Å². The van der Waals surface area contributed by atoms with Crippen LogP contribution in [0.1, 0.15) is 12.0 Å². The van der Waals surface area contributed by atoms with Crippen LogP contribution in [0.15, 0.2) is 36.4 Å². The van der Waals surface area contributed by atoms with Crippen LogP contribution in [0.4, 0.5) is 11.4 Å². The van der Waals surface area contributed by atoms with Crippen molar-refractivity contribution >= 4 is 34.8 Å². The molecule has 7 heteroatoms. The maximum Gasteiger partial charge on any atom is 0.266 e. The summed E-state index contributed by atoms with van der Waals surface area (Å²) in [4.78, 5) is 24.5. The normalized spacial score (nSPS) is 15.6. The summed E-state index contributed by atoms with van der Waals surface area (Å²) in [6.07, 6.45) is -1.03. The van der Waals surface area contributed by atoms with Gasteiger partial charge in [-0.25, -0.2) is 0 Å². The van der Waals surface area contributed by atoms with E-state index in [9.17, 15) is 9.59 Å². The molecular weight excluding hydrogens is 344 g/mol. The van der Waals surface area contributed by atoms with Gasteiger partial charge in [0.15, 0.2) is 6.10 Å². The zero-order valence-electron chi connectivity index (χ0n) is 13.8. The van der Waals surface area contributed by atoms with Gasteiger partial charge in [0, 0.05) is 5.02 Å². The Morgan fingerprint density at radius 1 is 1.32 bits per heavy atom. The van der Waals surface area contributed by atoms with Crippen molar-refractivity contribution in [1.82, 2.24) is 0 Å². The molecule has 0 saturated carbocycles. The first-order valence-electron chi connectivity index (χ1n) is 7.68. The lowest BCUT2D eigenvalue weighted by Crippen LogP contribution is -2.39. The number of anilines is 2. The maximum atomic E-state index is 12.3. The smallest absolute Gasteiger partial charge is 0.266 e. The van der Waals surface area contributed by atoms with Gasteiger partial charge in [-0.15, -0.1) is 0 Å². The highest BCUT2D eigenvalue weighted by Crippen LogP contribution is 2.32. The minimum atomic E-state index is -0.902. The first kappa shape index (κ1) is 17.1. The topological polar surface area (TPSA) is 76.7 Å². The zero-order valence-corrected chi connectivity index (χ0v) is 14.5. The molecule has 3 rings (SSSR count). The van der Waals surface area contributed by atoms with E-state index in [-0.39, 0.29) is 18.2 Å². The van der Waals surface area contributed by atoms with Crippen molar-refractivity contribution in [1.29, 1.82) is 0 Å². The van der Waals surface area contributed by atoms with Crippen molar-refractivity contribution in [3.63, 3.8) is 0 Å². The average molecular weight is 361 g/mol. The number of rotatable bonds is 4. The van der Waals surface area contributed by atoms with Crippen LogP contribution in [0.25, 0.3) is 0 Å². The Bertz CT molecular complexity index is 838. The van der Waals surface area contributed by atoms with Crippen molar-refractivity contribution in [2.45, 2.75) is 19.4 Å². The van der Waals surface area contributed by atoms with E-state index in [1.54, 1.807) is 24.3 Å².